The fourth-order valence-electron chi connectivity index (χ4n) is 0.911. The maximum atomic E-state index is 2.42. The van der Waals surface area contributed by atoms with Gasteiger partial charge in [-0.1, -0.05) is 0 Å². The zero-order valence-electron chi connectivity index (χ0n) is 8.35. The number of nitrogens with zero attached hydrogens (tertiary/aromatic N) is 1. The first kappa shape index (κ1) is 11.3. The van der Waals surface area contributed by atoms with E-state index in [1.807, 2.05) is 0 Å². The van der Waals surface area contributed by atoms with Crippen LogP contribution in [0.2, 0.25) is 5.09 Å². The standard InChI is InChI=1S/C9H18N.Li/c1-5-10(6-2)8-7-9(3)4;/h7H,3,5-6,8H2,1-2,4H3;/b9-7-;. The summed E-state index contributed by atoms with van der Waals surface area (Å²) >= 11 is 2.20. The number of hydrogen-bond acceptors (Lipinski definition) is 1. The van der Waals surface area contributed by atoms with Crippen LogP contribution in [0.15, 0.2) is 11.6 Å². The quantitative estimate of drug-likeness (QED) is 0.424. The molecule has 0 radical (unpaired) electrons. The van der Waals surface area contributed by atoms with E-state index in [0.29, 0.717) is 0 Å². The average Bonchev–Trinajstić information content (AvgIpc) is 2.06. The van der Waals surface area contributed by atoms with E-state index in [1.165, 1.54) is 10.7 Å². The summed E-state index contributed by atoms with van der Waals surface area (Å²) in [4.78, 5) is 2.42. The normalized spacial score (nSPS) is 12.7. The topological polar surface area (TPSA) is 3.24 Å². The Morgan fingerprint density at radius 3 is 2.27 bits per heavy atom. The summed E-state index contributed by atoms with van der Waals surface area (Å²) in [6.07, 6.45) is 2.33. The Labute approximate surface area is 80.1 Å². The molecule has 0 aromatic rings. The van der Waals surface area contributed by atoms with Gasteiger partial charge in [0.05, 0.1) is 0 Å². The van der Waals surface area contributed by atoms with E-state index in [4.69, 9.17) is 0 Å². The van der Waals surface area contributed by atoms with Gasteiger partial charge in [0.25, 0.3) is 0 Å². The fourth-order valence-corrected chi connectivity index (χ4v) is 0.911. The van der Waals surface area contributed by atoms with Gasteiger partial charge in [-0.3, -0.25) is 0 Å². The number of hydrogen-bond donors (Lipinski definition) is 0. The summed E-state index contributed by atoms with van der Waals surface area (Å²) in [6.45, 7) is 10.0. The van der Waals surface area contributed by atoms with Crippen molar-refractivity contribution in [3.05, 3.63) is 11.6 Å². The van der Waals surface area contributed by atoms with Crippen LogP contribution in [0.4, 0.5) is 0 Å². The minimum atomic E-state index is 1.12. The third-order valence-corrected chi connectivity index (χ3v) is 2.15. The van der Waals surface area contributed by atoms with E-state index in [2.05, 4.69) is 49.5 Å². The SMILES string of the molecule is [Li][CH2]/C(C)=C/CN(CC)CC. The molecule has 0 aromatic heterocycles. The number of rotatable bonds is 5. The molecule has 60 valence electrons. The maximum absolute atomic E-state index is 2.42. The molecule has 0 rings (SSSR count). The molecule has 0 bridgehead atoms. The van der Waals surface area contributed by atoms with Crippen molar-refractivity contribution in [2.45, 2.75) is 25.9 Å². The molecule has 0 aromatic carbocycles. The van der Waals surface area contributed by atoms with Gasteiger partial charge in [-0.05, 0) is 0 Å². The van der Waals surface area contributed by atoms with Gasteiger partial charge < -0.3 is 0 Å². The van der Waals surface area contributed by atoms with Crippen LogP contribution in [-0.2, 0) is 0 Å². The van der Waals surface area contributed by atoms with Crippen LogP contribution in [0.3, 0.4) is 0 Å². The first-order valence-electron chi connectivity index (χ1n) is 4.62. The molecular weight excluding hydrogens is 129 g/mol. The molecule has 0 aliphatic rings. The van der Waals surface area contributed by atoms with Gasteiger partial charge in [0.15, 0.2) is 0 Å². The molecule has 0 aliphatic carbocycles. The summed E-state index contributed by atoms with van der Waals surface area (Å²) in [5.41, 5.74) is 1.50. The Bertz CT molecular complexity index is 117. The molecule has 0 N–H and O–H groups in total. The second-order valence-electron chi connectivity index (χ2n) is 2.89. The number of likely N-dealkylation sites (N-methyl/N-ethyl adjacent to an activating group) is 1. The monoisotopic (exact) mass is 147 g/mol. The van der Waals surface area contributed by atoms with Crippen LogP contribution in [0.25, 0.3) is 0 Å². The van der Waals surface area contributed by atoms with E-state index in [0.717, 1.165) is 19.6 Å². The number of allylic oxidation sites excluding steroid dienone is 1. The van der Waals surface area contributed by atoms with Gasteiger partial charge in [0.2, 0.25) is 0 Å². The Morgan fingerprint density at radius 2 is 1.91 bits per heavy atom. The summed E-state index contributed by atoms with van der Waals surface area (Å²) in [7, 11) is 0. The third kappa shape index (κ3) is 5.55. The molecule has 0 unspecified atom stereocenters. The molecule has 11 heavy (non-hydrogen) atoms. The zero-order valence-corrected chi connectivity index (χ0v) is 8.35. The molecule has 0 saturated heterocycles. The summed E-state index contributed by atoms with van der Waals surface area (Å²) in [5, 5.41) is 1.18. The predicted molar refractivity (Wildman–Crippen MR) is 52.1 cm³/mol. The molecule has 0 amide bonds. The Morgan fingerprint density at radius 1 is 1.36 bits per heavy atom. The van der Waals surface area contributed by atoms with Gasteiger partial charge in [-0.2, -0.15) is 0 Å². The van der Waals surface area contributed by atoms with Crippen molar-refractivity contribution in [1.82, 2.24) is 4.90 Å². The Balaban J connectivity index is 3.65. The van der Waals surface area contributed by atoms with E-state index in [1.54, 1.807) is 0 Å². The first-order chi connectivity index (χ1) is 5.24. The van der Waals surface area contributed by atoms with Gasteiger partial charge in [-0.25, -0.2) is 0 Å². The second kappa shape index (κ2) is 6.97. The summed E-state index contributed by atoms with van der Waals surface area (Å²) in [5.74, 6) is 0. The molecule has 0 fully saturated rings. The van der Waals surface area contributed by atoms with E-state index in [-0.39, 0.29) is 0 Å². The molecule has 0 atom stereocenters. The van der Waals surface area contributed by atoms with Gasteiger partial charge in [0, 0.05) is 0 Å². The van der Waals surface area contributed by atoms with Gasteiger partial charge in [0.1, 0.15) is 0 Å². The van der Waals surface area contributed by atoms with Crippen LogP contribution in [0.1, 0.15) is 20.8 Å². The third-order valence-electron chi connectivity index (χ3n) is 2.15. The van der Waals surface area contributed by atoms with Crippen molar-refractivity contribution in [3.8, 4) is 0 Å². The fraction of sp³-hybridized carbons (Fsp3) is 0.778. The van der Waals surface area contributed by atoms with Crippen LogP contribution in [-0.4, -0.2) is 42.2 Å². The Kier molecular flexibility index (Phi) is 7.16. The van der Waals surface area contributed by atoms with Crippen molar-refractivity contribution < 1.29 is 0 Å². The summed E-state index contributed by atoms with van der Waals surface area (Å²) in [6, 6.07) is 0. The molecule has 1 nitrogen and oxygen atoms in total. The predicted octanol–water partition coefficient (Wildman–Crippen LogP) is 1.86. The van der Waals surface area contributed by atoms with Crippen molar-refractivity contribution in [2.75, 3.05) is 19.6 Å². The van der Waals surface area contributed by atoms with Crippen LogP contribution < -0.4 is 0 Å². The van der Waals surface area contributed by atoms with Crippen LogP contribution in [0.5, 0.6) is 0 Å². The van der Waals surface area contributed by atoms with Gasteiger partial charge in [-0.15, -0.1) is 0 Å². The van der Waals surface area contributed by atoms with Crippen molar-refractivity contribution >= 4 is 17.7 Å². The molecule has 0 aliphatic heterocycles. The average molecular weight is 147 g/mol. The molecule has 0 heterocycles. The van der Waals surface area contributed by atoms with Crippen molar-refractivity contribution in [3.63, 3.8) is 0 Å². The molecule has 0 spiro atoms. The zero-order chi connectivity index (χ0) is 8.69. The van der Waals surface area contributed by atoms with Crippen molar-refractivity contribution in [2.24, 2.45) is 0 Å². The van der Waals surface area contributed by atoms with Crippen LogP contribution >= 0.6 is 0 Å². The second-order valence-corrected chi connectivity index (χ2v) is 2.89. The Hall–Kier alpha value is 0.297. The van der Waals surface area contributed by atoms with E-state index >= 15 is 0 Å². The minimum absolute atomic E-state index is 1.12. The molecule has 2 heteroatoms. The molecule has 0 saturated carbocycles. The van der Waals surface area contributed by atoms with E-state index in [9.17, 15) is 0 Å². The van der Waals surface area contributed by atoms with Crippen LogP contribution in [0, 0.1) is 0 Å². The molecular formula is C9H18LiN. The van der Waals surface area contributed by atoms with E-state index < -0.39 is 0 Å². The summed E-state index contributed by atoms with van der Waals surface area (Å²) < 4.78 is 0. The van der Waals surface area contributed by atoms with Crippen molar-refractivity contribution in [1.29, 1.82) is 0 Å². The van der Waals surface area contributed by atoms with Gasteiger partial charge >= 0.3 is 79.8 Å². The first-order valence-corrected chi connectivity index (χ1v) is 4.62.